The predicted octanol–water partition coefficient (Wildman–Crippen LogP) is -2.96. The van der Waals surface area contributed by atoms with Crippen molar-refractivity contribution in [2.45, 2.75) is 37.6 Å². The Labute approximate surface area is 108 Å². The predicted molar refractivity (Wildman–Crippen MR) is 58.5 cm³/mol. The summed E-state index contributed by atoms with van der Waals surface area (Å²) >= 11 is 0. The monoisotopic (exact) mass is 301 g/mol. The van der Waals surface area contributed by atoms with Crippen LogP contribution in [0.5, 0.6) is 0 Å². The number of ether oxygens (including phenoxy) is 1. The Bertz CT molecular complexity index is 371. The van der Waals surface area contributed by atoms with Gasteiger partial charge in [-0.1, -0.05) is 0 Å². The van der Waals surface area contributed by atoms with Crippen LogP contribution in [0.3, 0.4) is 0 Å². The first-order valence-corrected chi connectivity index (χ1v) is 6.81. The van der Waals surface area contributed by atoms with Crippen molar-refractivity contribution in [2.75, 3.05) is 6.61 Å². The zero-order valence-corrected chi connectivity index (χ0v) is 10.8. The fourth-order valence-electron chi connectivity index (χ4n) is 1.65. The minimum atomic E-state index is -4.76. The Kier molecular flexibility index (Phi) is 5.42. The molecule has 0 aromatic rings. The summed E-state index contributed by atoms with van der Waals surface area (Å²) in [5.41, 5.74) is 0. The molecule has 112 valence electrons. The van der Waals surface area contributed by atoms with Gasteiger partial charge in [0.15, 0.2) is 6.29 Å². The number of aliphatic hydroxyl groups excluding tert-OH is 3. The molecule has 0 aromatic carbocycles. The molecule has 1 heterocycles. The number of hydrogen-bond donors (Lipinski definition) is 6. The number of carbonyl (C=O) groups excluding carboxylic acids is 1. The first-order chi connectivity index (χ1) is 8.61. The molecule has 1 rings (SSSR count). The van der Waals surface area contributed by atoms with Gasteiger partial charge in [-0.15, -0.1) is 0 Å². The number of aliphatic hydroxyl groups is 3. The van der Waals surface area contributed by atoms with E-state index in [1.54, 1.807) is 0 Å². The van der Waals surface area contributed by atoms with E-state index in [1.165, 1.54) is 0 Å². The van der Waals surface area contributed by atoms with E-state index >= 15 is 0 Å². The molecule has 0 radical (unpaired) electrons. The zero-order chi connectivity index (χ0) is 14.8. The molecule has 1 aliphatic heterocycles. The molecule has 5 atom stereocenters. The summed E-state index contributed by atoms with van der Waals surface area (Å²) in [5.74, 6) is -0.552. The normalized spacial score (nSPS) is 36.0. The topological polar surface area (TPSA) is 166 Å². The second-order valence-electron chi connectivity index (χ2n) is 4.06. The third kappa shape index (κ3) is 4.79. The van der Waals surface area contributed by atoms with Gasteiger partial charge >= 0.3 is 7.82 Å². The van der Waals surface area contributed by atoms with Crippen molar-refractivity contribution in [2.24, 2.45) is 0 Å². The van der Waals surface area contributed by atoms with Gasteiger partial charge < -0.3 is 35.2 Å². The fourth-order valence-corrected chi connectivity index (χ4v) is 1.99. The van der Waals surface area contributed by atoms with Gasteiger partial charge in [-0.2, -0.15) is 0 Å². The summed E-state index contributed by atoms with van der Waals surface area (Å²) in [4.78, 5) is 27.9. The van der Waals surface area contributed by atoms with Crippen LogP contribution < -0.4 is 5.32 Å². The third-order valence-corrected chi connectivity index (χ3v) is 2.98. The average molecular weight is 301 g/mol. The second-order valence-corrected chi connectivity index (χ2v) is 5.30. The molecular formula is C8H16NO9P. The van der Waals surface area contributed by atoms with Crippen LogP contribution in [0.4, 0.5) is 0 Å². The quantitative estimate of drug-likeness (QED) is 0.297. The van der Waals surface area contributed by atoms with Crippen molar-refractivity contribution in [3.63, 3.8) is 0 Å². The standard InChI is InChI=1S/C8H16NO9P/c1-3(10)9-5-7(12)6(11)4(18-8(5)13)2-17-19(14,15)16/h4-8,11-13H,2H2,1H3,(H,9,10)(H2,14,15,16)/t4-,5+,6-,7+,8+/m1/s1. The van der Waals surface area contributed by atoms with E-state index in [0.29, 0.717) is 0 Å². The molecule has 0 saturated carbocycles. The second kappa shape index (κ2) is 6.25. The number of carbonyl (C=O) groups is 1. The Morgan fingerprint density at radius 2 is 1.89 bits per heavy atom. The van der Waals surface area contributed by atoms with E-state index < -0.39 is 51.0 Å². The number of rotatable bonds is 4. The maximum atomic E-state index is 10.9. The van der Waals surface area contributed by atoms with Gasteiger partial charge in [0.25, 0.3) is 0 Å². The van der Waals surface area contributed by atoms with E-state index in [2.05, 4.69) is 9.84 Å². The molecular weight excluding hydrogens is 285 g/mol. The first-order valence-electron chi connectivity index (χ1n) is 5.28. The average Bonchev–Trinajstić information content (AvgIpc) is 2.26. The summed E-state index contributed by atoms with van der Waals surface area (Å²) in [6.07, 6.45) is -6.15. The van der Waals surface area contributed by atoms with E-state index in [0.717, 1.165) is 6.92 Å². The maximum Gasteiger partial charge on any atom is 0.469 e. The van der Waals surface area contributed by atoms with Crippen molar-refractivity contribution in [1.29, 1.82) is 0 Å². The van der Waals surface area contributed by atoms with Gasteiger partial charge in [0.2, 0.25) is 5.91 Å². The Balaban J connectivity index is 2.66. The Morgan fingerprint density at radius 1 is 1.32 bits per heavy atom. The lowest BCUT2D eigenvalue weighted by Crippen LogP contribution is -2.64. The number of phosphoric acid groups is 1. The minimum absolute atomic E-state index is 0.552. The maximum absolute atomic E-state index is 10.9. The lowest BCUT2D eigenvalue weighted by molar-refractivity contribution is -0.252. The van der Waals surface area contributed by atoms with Gasteiger partial charge in [-0.3, -0.25) is 9.32 Å². The summed E-state index contributed by atoms with van der Waals surface area (Å²) < 4.78 is 19.5. The highest BCUT2D eigenvalue weighted by Crippen LogP contribution is 2.36. The van der Waals surface area contributed by atoms with Crippen LogP contribution in [-0.2, 0) is 18.6 Å². The number of phosphoric ester groups is 1. The van der Waals surface area contributed by atoms with Crippen LogP contribution in [0.2, 0.25) is 0 Å². The Morgan fingerprint density at radius 3 is 2.37 bits per heavy atom. The number of amides is 1. The molecule has 6 N–H and O–H groups in total. The molecule has 0 aromatic heterocycles. The number of nitrogens with one attached hydrogen (secondary N) is 1. The molecule has 0 spiro atoms. The van der Waals surface area contributed by atoms with Crippen molar-refractivity contribution < 1.29 is 43.7 Å². The summed E-state index contributed by atoms with van der Waals surface area (Å²) in [6, 6.07) is -1.25. The van der Waals surface area contributed by atoms with Gasteiger partial charge in [0, 0.05) is 6.92 Å². The lowest BCUT2D eigenvalue weighted by atomic mass is 9.97. The van der Waals surface area contributed by atoms with Gasteiger partial charge in [-0.25, -0.2) is 4.57 Å². The zero-order valence-electron chi connectivity index (χ0n) is 9.91. The van der Waals surface area contributed by atoms with Gasteiger partial charge in [-0.05, 0) is 0 Å². The first kappa shape index (κ1) is 16.5. The summed E-state index contributed by atoms with van der Waals surface area (Å²) in [7, 11) is -4.76. The molecule has 1 fully saturated rings. The fraction of sp³-hybridized carbons (Fsp3) is 0.875. The lowest BCUT2D eigenvalue weighted by Gasteiger charge is -2.40. The van der Waals surface area contributed by atoms with Crippen LogP contribution in [-0.4, -0.2) is 68.3 Å². The smallest absolute Gasteiger partial charge is 0.388 e. The summed E-state index contributed by atoms with van der Waals surface area (Å²) in [5, 5.41) is 31.1. The highest BCUT2D eigenvalue weighted by atomic mass is 31.2. The van der Waals surface area contributed by atoms with Crippen molar-refractivity contribution in [1.82, 2.24) is 5.32 Å². The van der Waals surface area contributed by atoms with Crippen molar-refractivity contribution >= 4 is 13.7 Å². The van der Waals surface area contributed by atoms with Crippen molar-refractivity contribution in [3.05, 3.63) is 0 Å². The highest BCUT2D eigenvalue weighted by Gasteiger charge is 2.44. The highest BCUT2D eigenvalue weighted by molar-refractivity contribution is 7.46. The van der Waals surface area contributed by atoms with Crippen LogP contribution in [0.1, 0.15) is 6.92 Å². The van der Waals surface area contributed by atoms with Gasteiger partial charge in [0.05, 0.1) is 6.61 Å². The molecule has 10 nitrogen and oxygen atoms in total. The Hall–Kier alpha value is -0.580. The SMILES string of the molecule is CC(=O)N[C@H]1[C@H](O)[C@H](O)[C@@H](COP(=O)(O)O)O[C@@H]1O. The molecule has 0 bridgehead atoms. The van der Waals surface area contributed by atoms with Crippen LogP contribution in [0.15, 0.2) is 0 Å². The molecule has 1 saturated heterocycles. The van der Waals surface area contributed by atoms with E-state index in [9.17, 15) is 24.7 Å². The largest absolute Gasteiger partial charge is 0.469 e. The van der Waals surface area contributed by atoms with E-state index in [1.807, 2.05) is 0 Å². The molecule has 19 heavy (non-hydrogen) atoms. The molecule has 0 aliphatic carbocycles. The van der Waals surface area contributed by atoms with E-state index in [4.69, 9.17) is 14.5 Å². The molecule has 0 unspecified atom stereocenters. The van der Waals surface area contributed by atoms with Crippen LogP contribution >= 0.6 is 7.82 Å². The molecule has 11 heteroatoms. The van der Waals surface area contributed by atoms with E-state index in [-0.39, 0.29) is 0 Å². The number of hydrogen-bond acceptors (Lipinski definition) is 7. The minimum Gasteiger partial charge on any atom is -0.388 e. The molecule has 1 amide bonds. The van der Waals surface area contributed by atoms with Crippen LogP contribution in [0.25, 0.3) is 0 Å². The van der Waals surface area contributed by atoms with Crippen molar-refractivity contribution in [3.8, 4) is 0 Å². The summed E-state index contributed by atoms with van der Waals surface area (Å²) in [6.45, 7) is 0.418. The van der Waals surface area contributed by atoms with Gasteiger partial charge in [0.1, 0.15) is 24.4 Å². The molecule has 1 aliphatic rings. The van der Waals surface area contributed by atoms with Crippen LogP contribution in [0, 0.1) is 0 Å². The third-order valence-electron chi connectivity index (χ3n) is 2.50.